The van der Waals surface area contributed by atoms with Gasteiger partial charge in [-0.2, -0.15) is 0 Å². The zero-order valence-electron chi connectivity index (χ0n) is 16.0. The number of fused-ring (bicyclic) bond motifs is 1. The number of aromatic nitrogens is 1. The summed E-state index contributed by atoms with van der Waals surface area (Å²) in [4.78, 5) is 13.1. The van der Waals surface area contributed by atoms with E-state index in [-0.39, 0.29) is 5.91 Å². The summed E-state index contributed by atoms with van der Waals surface area (Å²) in [5, 5.41) is 2.07. The lowest BCUT2D eigenvalue weighted by atomic mass is 9.95. The van der Waals surface area contributed by atoms with E-state index >= 15 is 0 Å². The van der Waals surface area contributed by atoms with E-state index in [2.05, 4.69) is 53.1 Å². The Morgan fingerprint density at radius 2 is 1.85 bits per heavy atom. The Morgan fingerprint density at radius 1 is 1.08 bits per heavy atom. The van der Waals surface area contributed by atoms with Crippen molar-refractivity contribution in [2.45, 2.75) is 58.9 Å². The number of hydrogen-bond donors (Lipinski definition) is 1. The first kappa shape index (κ1) is 17.3. The van der Waals surface area contributed by atoms with Gasteiger partial charge in [0.15, 0.2) is 0 Å². The van der Waals surface area contributed by atoms with Gasteiger partial charge in [-0.25, -0.2) is 5.01 Å². The van der Waals surface area contributed by atoms with Crippen molar-refractivity contribution in [3.63, 3.8) is 0 Å². The number of carbonyl (C=O) groups excluding carboxylic acids is 1. The lowest BCUT2D eigenvalue weighted by Gasteiger charge is -2.19. The number of nitrogens with one attached hydrogen (secondary N) is 1. The highest BCUT2D eigenvalue weighted by molar-refractivity contribution is 5.94. The average Bonchev–Trinajstić information content (AvgIpc) is 3.22. The molecule has 0 saturated carbocycles. The van der Waals surface area contributed by atoms with Crippen LogP contribution in [0, 0.1) is 13.8 Å². The Bertz CT molecular complexity index is 815. The van der Waals surface area contributed by atoms with Crippen molar-refractivity contribution in [3.05, 3.63) is 57.9 Å². The summed E-state index contributed by atoms with van der Waals surface area (Å²) in [6.07, 6.45) is 6.97. The van der Waals surface area contributed by atoms with E-state index in [0.717, 1.165) is 38.2 Å². The van der Waals surface area contributed by atoms with Crippen molar-refractivity contribution in [3.8, 4) is 0 Å². The van der Waals surface area contributed by atoms with Gasteiger partial charge in [-0.1, -0.05) is 29.8 Å². The molecule has 0 atom stereocenters. The first-order valence-corrected chi connectivity index (χ1v) is 9.96. The molecule has 0 unspecified atom stereocenters. The molecule has 2 aliphatic rings. The molecule has 1 aromatic carbocycles. The van der Waals surface area contributed by atoms with Gasteiger partial charge in [0.1, 0.15) is 5.69 Å². The number of amides is 1. The summed E-state index contributed by atoms with van der Waals surface area (Å²) >= 11 is 0. The molecule has 4 rings (SSSR count). The molecule has 4 heteroatoms. The van der Waals surface area contributed by atoms with Gasteiger partial charge in [-0.15, -0.1) is 0 Å². The molecule has 2 heterocycles. The second-order valence-electron chi connectivity index (χ2n) is 7.82. The summed E-state index contributed by atoms with van der Waals surface area (Å²) in [6.45, 7) is 6.96. The minimum absolute atomic E-state index is 0.0615. The van der Waals surface area contributed by atoms with Crippen LogP contribution in [0.1, 0.15) is 64.1 Å². The molecule has 26 heavy (non-hydrogen) atoms. The van der Waals surface area contributed by atoms with Gasteiger partial charge >= 0.3 is 0 Å². The van der Waals surface area contributed by atoms with Crippen molar-refractivity contribution < 1.29 is 4.79 Å². The first-order valence-electron chi connectivity index (χ1n) is 9.96. The number of benzene rings is 1. The highest BCUT2D eigenvalue weighted by atomic mass is 16.2. The maximum Gasteiger partial charge on any atom is 0.282 e. The monoisotopic (exact) mass is 351 g/mol. The summed E-state index contributed by atoms with van der Waals surface area (Å²) in [5.41, 5.74) is 10.5. The topological polar surface area (TPSA) is 37.3 Å². The number of hydrazine groups is 1. The summed E-state index contributed by atoms with van der Waals surface area (Å²) in [7, 11) is 0. The lowest BCUT2D eigenvalue weighted by Crippen LogP contribution is -2.41. The molecule has 1 aliphatic heterocycles. The summed E-state index contributed by atoms with van der Waals surface area (Å²) < 4.78 is 2.30. The fourth-order valence-corrected chi connectivity index (χ4v) is 4.56. The molecule has 0 spiro atoms. The van der Waals surface area contributed by atoms with Crippen LogP contribution < -0.4 is 5.43 Å². The minimum Gasteiger partial charge on any atom is -0.336 e. The molecule has 4 nitrogen and oxygen atoms in total. The van der Waals surface area contributed by atoms with Crippen LogP contribution in [0.15, 0.2) is 24.3 Å². The molecule has 0 bridgehead atoms. The number of hydrogen-bond acceptors (Lipinski definition) is 2. The Hall–Kier alpha value is -2.07. The molecule has 0 radical (unpaired) electrons. The van der Waals surface area contributed by atoms with E-state index in [1.165, 1.54) is 53.6 Å². The SMILES string of the molecule is Cc1cccc(Cn2c3c(c(C)c2C(=O)NN2CCCC2)CCCC3)c1. The molecule has 2 aromatic rings. The third-order valence-electron chi connectivity index (χ3n) is 5.85. The normalized spacial score (nSPS) is 17.3. The summed E-state index contributed by atoms with van der Waals surface area (Å²) in [6, 6.07) is 8.63. The zero-order chi connectivity index (χ0) is 18.1. The molecule has 138 valence electrons. The Labute approximate surface area is 156 Å². The molecule has 1 aliphatic carbocycles. The number of carbonyl (C=O) groups is 1. The van der Waals surface area contributed by atoms with Crippen LogP contribution in [0.4, 0.5) is 0 Å². The van der Waals surface area contributed by atoms with E-state index < -0.39 is 0 Å². The van der Waals surface area contributed by atoms with Gasteiger partial charge in [0.25, 0.3) is 5.91 Å². The molecule has 1 saturated heterocycles. The molecule has 1 amide bonds. The van der Waals surface area contributed by atoms with E-state index in [0.29, 0.717) is 0 Å². The van der Waals surface area contributed by atoms with Crippen LogP contribution in [0.3, 0.4) is 0 Å². The fourth-order valence-electron chi connectivity index (χ4n) is 4.56. The largest absolute Gasteiger partial charge is 0.336 e. The summed E-state index contributed by atoms with van der Waals surface area (Å²) in [5.74, 6) is 0.0615. The van der Waals surface area contributed by atoms with E-state index in [1.54, 1.807) is 0 Å². The number of nitrogens with zero attached hydrogens (tertiary/aromatic N) is 2. The lowest BCUT2D eigenvalue weighted by molar-refractivity contribution is 0.0815. The first-order chi connectivity index (χ1) is 12.6. The Morgan fingerprint density at radius 3 is 2.62 bits per heavy atom. The van der Waals surface area contributed by atoms with Crippen molar-refractivity contribution >= 4 is 5.91 Å². The van der Waals surface area contributed by atoms with Crippen LogP contribution in [-0.4, -0.2) is 28.6 Å². The minimum atomic E-state index is 0.0615. The van der Waals surface area contributed by atoms with Crippen molar-refractivity contribution in [1.82, 2.24) is 15.0 Å². The maximum absolute atomic E-state index is 13.1. The van der Waals surface area contributed by atoms with E-state index in [4.69, 9.17) is 0 Å². The highest BCUT2D eigenvalue weighted by Crippen LogP contribution is 2.30. The second-order valence-corrected chi connectivity index (χ2v) is 7.82. The molecular weight excluding hydrogens is 322 g/mol. The zero-order valence-corrected chi connectivity index (χ0v) is 16.0. The number of aryl methyl sites for hydroxylation is 1. The highest BCUT2D eigenvalue weighted by Gasteiger charge is 2.27. The standard InChI is InChI=1S/C22H29N3O/c1-16-8-7-9-18(14-16)15-25-20-11-4-3-10-19(20)17(2)21(25)22(26)23-24-12-5-6-13-24/h7-9,14H,3-6,10-13,15H2,1-2H3,(H,23,26). The predicted molar refractivity (Wildman–Crippen MR) is 104 cm³/mol. The van der Waals surface area contributed by atoms with Gasteiger partial charge in [0.05, 0.1) is 0 Å². The molecule has 1 aromatic heterocycles. The van der Waals surface area contributed by atoms with Crippen LogP contribution in [-0.2, 0) is 19.4 Å². The van der Waals surface area contributed by atoms with Crippen LogP contribution in [0.25, 0.3) is 0 Å². The van der Waals surface area contributed by atoms with Gasteiger partial charge in [-0.05, 0) is 69.1 Å². The van der Waals surface area contributed by atoms with Gasteiger partial charge in [-0.3, -0.25) is 10.2 Å². The van der Waals surface area contributed by atoms with E-state index in [1.807, 2.05) is 0 Å². The van der Waals surface area contributed by atoms with Crippen LogP contribution >= 0.6 is 0 Å². The fraction of sp³-hybridized carbons (Fsp3) is 0.500. The van der Waals surface area contributed by atoms with Crippen LogP contribution in [0.2, 0.25) is 0 Å². The van der Waals surface area contributed by atoms with Crippen molar-refractivity contribution in [1.29, 1.82) is 0 Å². The predicted octanol–water partition coefficient (Wildman–Crippen LogP) is 3.77. The maximum atomic E-state index is 13.1. The number of rotatable bonds is 4. The Kier molecular flexibility index (Phi) is 4.86. The third kappa shape index (κ3) is 3.30. The van der Waals surface area contributed by atoms with Gasteiger partial charge in [0, 0.05) is 25.3 Å². The Balaban J connectivity index is 1.71. The quantitative estimate of drug-likeness (QED) is 0.910. The molecule has 1 N–H and O–H groups in total. The second kappa shape index (κ2) is 7.28. The van der Waals surface area contributed by atoms with Crippen LogP contribution in [0.5, 0.6) is 0 Å². The average molecular weight is 351 g/mol. The van der Waals surface area contributed by atoms with Crippen molar-refractivity contribution in [2.24, 2.45) is 0 Å². The van der Waals surface area contributed by atoms with Gasteiger partial charge < -0.3 is 4.57 Å². The third-order valence-corrected chi connectivity index (χ3v) is 5.85. The molecular formula is C22H29N3O. The van der Waals surface area contributed by atoms with Crippen molar-refractivity contribution in [2.75, 3.05) is 13.1 Å². The van der Waals surface area contributed by atoms with E-state index in [9.17, 15) is 4.79 Å². The van der Waals surface area contributed by atoms with Gasteiger partial charge in [0.2, 0.25) is 0 Å². The molecule has 1 fully saturated rings. The smallest absolute Gasteiger partial charge is 0.282 e.